The van der Waals surface area contributed by atoms with Gasteiger partial charge in [0.05, 0.1) is 11.7 Å². The van der Waals surface area contributed by atoms with Gasteiger partial charge in [-0.05, 0) is 55.8 Å². The molecule has 3 heterocycles. The molecule has 0 saturated heterocycles. The van der Waals surface area contributed by atoms with E-state index in [-0.39, 0.29) is 5.91 Å². The molecular weight excluding hydrogens is 340 g/mol. The Bertz CT molecular complexity index is 1160. The molecule has 7 nitrogen and oxygen atoms in total. The Kier molecular flexibility index (Phi) is 4.12. The Morgan fingerprint density at radius 3 is 2.63 bits per heavy atom. The van der Waals surface area contributed by atoms with E-state index in [4.69, 9.17) is 0 Å². The van der Waals surface area contributed by atoms with E-state index in [1.54, 1.807) is 25.5 Å². The highest BCUT2D eigenvalue weighted by Crippen LogP contribution is 2.24. The van der Waals surface area contributed by atoms with Crippen LogP contribution in [0.3, 0.4) is 0 Å². The fraction of sp³-hybridized carbons (Fsp3) is 0.150. The van der Waals surface area contributed by atoms with Crippen molar-refractivity contribution in [3.8, 4) is 11.4 Å². The van der Waals surface area contributed by atoms with Crippen LogP contribution in [0.4, 0.5) is 5.69 Å². The van der Waals surface area contributed by atoms with Crippen LogP contribution in [0.1, 0.15) is 21.7 Å². The number of hydrogen-bond donors (Lipinski definition) is 1. The average molecular weight is 358 g/mol. The third-order valence-electron chi connectivity index (χ3n) is 4.36. The van der Waals surface area contributed by atoms with Gasteiger partial charge in [0.2, 0.25) is 0 Å². The van der Waals surface area contributed by atoms with Crippen molar-refractivity contribution in [2.24, 2.45) is 7.05 Å². The Balaban J connectivity index is 1.62. The second-order valence-electron chi connectivity index (χ2n) is 6.37. The third kappa shape index (κ3) is 3.27. The molecule has 0 radical (unpaired) electrons. The highest BCUT2D eigenvalue weighted by atomic mass is 16.2. The lowest BCUT2D eigenvalue weighted by molar-refractivity contribution is 0.101. The molecule has 0 aliphatic heterocycles. The number of carbonyl (C=O) groups is 1. The van der Waals surface area contributed by atoms with Crippen LogP contribution < -0.4 is 5.32 Å². The molecule has 4 aromatic rings. The van der Waals surface area contributed by atoms with E-state index < -0.39 is 0 Å². The summed E-state index contributed by atoms with van der Waals surface area (Å²) in [6.07, 6.45) is 3.33. The molecule has 0 atom stereocenters. The molecule has 0 aliphatic carbocycles. The van der Waals surface area contributed by atoms with Gasteiger partial charge in [-0.3, -0.25) is 9.48 Å². The molecule has 4 rings (SSSR count). The summed E-state index contributed by atoms with van der Waals surface area (Å²) in [5, 5.41) is 6.94. The van der Waals surface area contributed by atoms with Crippen LogP contribution >= 0.6 is 0 Å². The summed E-state index contributed by atoms with van der Waals surface area (Å²) in [7, 11) is 1.73. The van der Waals surface area contributed by atoms with Crippen molar-refractivity contribution in [3.05, 3.63) is 65.7 Å². The highest BCUT2D eigenvalue weighted by Gasteiger charge is 2.12. The van der Waals surface area contributed by atoms with Crippen LogP contribution in [0.5, 0.6) is 0 Å². The number of carbonyl (C=O) groups excluding carboxylic acids is 1. The number of amides is 1. The van der Waals surface area contributed by atoms with Gasteiger partial charge in [0.15, 0.2) is 5.82 Å². The lowest BCUT2D eigenvalue weighted by Crippen LogP contribution is -2.16. The molecule has 1 N–H and O–H groups in total. The molecule has 0 aliphatic rings. The second kappa shape index (κ2) is 6.60. The first-order valence-corrected chi connectivity index (χ1v) is 8.52. The summed E-state index contributed by atoms with van der Waals surface area (Å²) in [4.78, 5) is 25.8. The molecule has 1 aromatic carbocycles. The highest BCUT2D eigenvalue weighted by molar-refractivity contribution is 6.03. The molecule has 0 saturated carbocycles. The summed E-state index contributed by atoms with van der Waals surface area (Å²) in [6.45, 7) is 3.88. The number of nitrogens with zero attached hydrogens (tertiary/aromatic N) is 5. The van der Waals surface area contributed by atoms with E-state index in [0.717, 1.165) is 33.5 Å². The summed E-state index contributed by atoms with van der Waals surface area (Å²) >= 11 is 0. The zero-order valence-corrected chi connectivity index (χ0v) is 15.3. The number of pyridine rings is 1. The van der Waals surface area contributed by atoms with E-state index in [1.165, 1.54) is 4.68 Å². The minimum atomic E-state index is -0.200. The summed E-state index contributed by atoms with van der Waals surface area (Å²) < 4.78 is 1.54. The lowest BCUT2D eigenvalue weighted by atomic mass is 10.1. The maximum absolute atomic E-state index is 12.4. The number of benzene rings is 1. The van der Waals surface area contributed by atoms with Gasteiger partial charge in [0.25, 0.3) is 5.91 Å². The minimum absolute atomic E-state index is 0.200. The maximum Gasteiger partial charge on any atom is 0.273 e. The molecule has 0 unspecified atom stereocenters. The van der Waals surface area contributed by atoms with Crippen molar-refractivity contribution in [1.29, 1.82) is 0 Å². The smallest absolute Gasteiger partial charge is 0.273 e. The monoisotopic (exact) mass is 358 g/mol. The van der Waals surface area contributed by atoms with Crippen LogP contribution in [0.25, 0.3) is 22.4 Å². The number of fused-ring (bicyclic) bond motifs is 1. The van der Waals surface area contributed by atoms with Crippen LogP contribution in [-0.4, -0.2) is 30.6 Å². The van der Waals surface area contributed by atoms with Gasteiger partial charge >= 0.3 is 0 Å². The molecular formula is C20H18N6O. The topological polar surface area (TPSA) is 85.6 Å². The lowest BCUT2D eigenvalue weighted by Gasteiger charge is -2.10. The predicted molar refractivity (Wildman–Crippen MR) is 103 cm³/mol. The summed E-state index contributed by atoms with van der Waals surface area (Å²) in [5.41, 5.74) is 5.56. The minimum Gasteiger partial charge on any atom is -0.320 e. The van der Waals surface area contributed by atoms with E-state index in [9.17, 15) is 4.79 Å². The van der Waals surface area contributed by atoms with E-state index >= 15 is 0 Å². The Morgan fingerprint density at radius 1 is 1.04 bits per heavy atom. The standard InChI is InChI=1S/C20H18N6O/c1-12-10-14(19-21-11-17-16(24-19)6-4-13(2)23-17)5-7-15(12)25-20(27)18-8-9-22-26(18)3/h4-11H,1-3H3,(H,25,27). The van der Waals surface area contributed by atoms with Crippen molar-refractivity contribution in [2.75, 3.05) is 5.32 Å². The van der Waals surface area contributed by atoms with Gasteiger partial charge in [0, 0.05) is 30.2 Å². The van der Waals surface area contributed by atoms with Crippen LogP contribution in [0.15, 0.2) is 48.8 Å². The zero-order valence-electron chi connectivity index (χ0n) is 15.3. The fourth-order valence-corrected chi connectivity index (χ4v) is 2.89. The molecule has 0 spiro atoms. The summed E-state index contributed by atoms with van der Waals surface area (Å²) in [6, 6.07) is 11.3. The van der Waals surface area contributed by atoms with Crippen LogP contribution in [-0.2, 0) is 7.05 Å². The molecule has 7 heteroatoms. The van der Waals surface area contributed by atoms with Crippen molar-refractivity contribution >= 4 is 22.6 Å². The first-order chi connectivity index (χ1) is 13.0. The molecule has 0 bridgehead atoms. The Hall–Kier alpha value is -3.61. The fourth-order valence-electron chi connectivity index (χ4n) is 2.89. The SMILES string of the molecule is Cc1ccc2nc(-c3ccc(NC(=O)c4ccnn4C)c(C)c3)ncc2n1. The first-order valence-electron chi connectivity index (χ1n) is 8.52. The Labute approximate surface area is 156 Å². The van der Waals surface area contributed by atoms with Crippen molar-refractivity contribution < 1.29 is 4.79 Å². The quantitative estimate of drug-likeness (QED) is 0.607. The largest absolute Gasteiger partial charge is 0.320 e. The maximum atomic E-state index is 12.4. The molecule has 1 amide bonds. The molecule has 134 valence electrons. The summed E-state index contributed by atoms with van der Waals surface area (Å²) in [5.74, 6) is 0.426. The van der Waals surface area contributed by atoms with Crippen LogP contribution in [0.2, 0.25) is 0 Å². The number of anilines is 1. The van der Waals surface area contributed by atoms with Gasteiger partial charge in [-0.25, -0.2) is 15.0 Å². The normalized spacial score (nSPS) is 10.9. The van der Waals surface area contributed by atoms with Crippen LogP contribution in [0, 0.1) is 13.8 Å². The second-order valence-corrected chi connectivity index (χ2v) is 6.37. The predicted octanol–water partition coefficient (Wildman–Crippen LogP) is 3.29. The van der Waals surface area contributed by atoms with E-state index in [2.05, 4.69) is 25.4 Å². The number of aryl methyl sites for hydroxylation is 3. The number of rotatable bonds is 3. The third-order valence-corrected chi connectivity index (χ3v) is 4.36. The van der Waals surface area contributed by atoms with Crippen molar-refractivity contribution in [1.82, 2.24) is 24.7 Å². The van der Waals surface area contributed by atoms with Gasteiger partial charge in [0.1, 0.15) is 11.2 Å². The molecule has 0 fully saturated rings. The van der Waals surface area contributed by atoms with Gasteiger partial charge in [-0.2, -0.15) is 5.10 Å². The molecule has 3 aromatic heterocycles. The first kappa shape index (κ1) is 16.8. The van der Waals surface area contributed by atoms with Crippen molar-refractivity contribution in [2.45, 2.75) is 13.8 Å². The van der Waals surface area contributed by atoms with Gasteiger partial charge in [-0.15, -0.1) is 0 Å². The van der Waals surface area contributed by atoms with E-state index in [0.29, 0.717) is 11.5 Å². The Morgan fingerprint density at radius 2 is 1.89 bits per heavy atom. The zero-order chi connectivity index (χ0) is 19.0. The van der Waals surface area contributed by atoms with Gasteiger partial charge in [-0.1, -0.05) is 0 Å². The average Bonchev–Trinajstić information content (AvgIpc) is 3.09. The van der Waals surface area contributed by atoms with Gasteiger partial charge < -0.3 is 5.32 Å². The number of hydrogen-bond acceptors (Lipinski definition) is 5. The van der Waals surface area contributed by atoms with Crippen molar-refractivity contribution in [3.63, 3.8) is 0 Å². The number of aromatic nitrogens is 5. The number of nitrogens with one attached hydrogen (secondary N) is 1. The molecule has 27 heavy (non-hydrogen) atoms. The van der Waals surface area contributed by atoms with E-state index in [1.807, 2.05) is 44.2 Å².